The first-order valence-electron chi connectivity index (χ1n) is 21.1. The van der Waals surface area contributed by atoms with Crippen molar-refractivity contribution in [2.75, 3.05) is 80.6 Å². The zero-order valence-electron chi connectivity index (χ0n) is 34.1. The second kappa shape index (κ2) is 16.3. The smallest absolute Gasteiger partial charge is 0.263 e. The van der Waals surface area contributed by atoms with Gasteiger partial charge in [0.2, 0.25) is 17.8 Å². The minimum atomic E-state index is -0.729. The van der Waals surface area contributed by atoms with Crippen molar-refractivity contribution in [2.24, 2.45) is 0 Å². The summed E-state index contributed by atoms with van der Waals surface area (Å²) in [6, 6.07) is 6.29. The highest BCUT2D eigenvalue weighted by atomic mass is 19.1. The standard InChI is InChI=1S/C43H50FN11O5/c1-26-32-24-46-43(49-39(32)55(29-5-3-4-6-29)42(60)38(26)27(2)56)47-36-9-7-30(23-45-36)52-17-13-50(14-18-52)11-12-51-15-19-53(20-16-51)35-21-28-25-54(41(59)31(28)22-33(35)44)34-8-10-37(57)48-40(34)58/h7,9,21-24,29,34H,3-6,8,10-20,25H2,1-2H3,(H,48,57,58)(H,45,46,47,49). The van der Waals surface area contributed by atoms with Crippen molar-refractivity contribution < 1.29 is 23.6 Å². The Morgan fingerprint density at radius 2 is 1.58 bits per heavy atom. The first kappa shape index (κ1) is 39.6. The molecule has 0 bridgehead atoms. The molecule has 16 nitrogen and oxygen atoms in total. The summed E-state index contributed by atoms with van der Waals surface area (Å²) >= 11 is 0. The van der Waals surface area contributed by atoms with Gasteiger partial charge in [0, 0.05) is 102 Å². The number of pyridine rings is 2. The van der Waals surface area contributed by atoms with E-state index >= 15 is 4.39 Å². The van der Waals surface area contributed by atoms with Gasteiger partial charge in [0.05, 0.1) is 23.1 Å². The molecule has 4 aliphatic heterocycles. The van der Waals surface area contributed by atoms with Crippen LogP contribution in [0.15, 0.2) is 41.5 Å². The number of Topliss-reactive ketones (excluding diaryl/α,β-unsaturated/α-hetero) is 1. The summed E-state index contributed by atoms with van der Waals surface area (Å²) < 4.78 is 17.1. The molecule has 4 aromatic rings. The molecule has 3 amide bonds. The van der Waals surface area contributed by atoms with Crippen molar-refractivity contribution >= 4 is 57.7 Å². The number of amides is 3. The highest BCUT2D eigenvalue weighted by molar-refractivity contribution is 6.05. The van der Waals surface area contributed by atoms with Crippen LogP contribution < -0.4 is 26.0 Å². The van der Waals surface area contributed by atoms with Crippen LogP contribution in [-0.2, 0) is 16.1 Å². The Morgan fingerprint density at radius 3 is 2.23 bits per heavy atom. The second-order valence-electron chi connectivity index (χ2n) is 16.6. The number of aromatic nitrogens is 4. The molecule has 0 radical (unpaired) electrons. The maximum absolute atomic E-state index is 15.4. The van der Waals surface area contributed by atoms with E-state index in [4.69, 9.17) is 4.98 Å². The molecule has 2 N–H and O–H groups in total. The molecule has 1 saturated carbocycles. The summed E-state index contributed by atoms with van der Waals surface area (Å²) in [4.78, 5) is 87.9. The second-order valence-corrected chi connectivity index (χ2v) is 16.6. The first-order valence-corrected chi connectivity index (χ1v) is 21.1. The van der Waals surface area contributed by atoms with Crippen molar-refractivity contribution in [1.29, 1.82) is 0 Å². The largest absolute Gasteiger partial charge is 0.368 e. The SMILES string of the molecule is CC(=O)c1c(C)c2cnc(Nc3ccc(N4CCN(CCN5CCN(c6cc7c(cc6F)C(=O)N(C6CCC(=O)NC6=O)C7)CC5)CC4)cn3)nc2n(C2CCCC2)c1=O. The average Bonchev–Trinajstić information content (AvgIpc) is 3.88. The van der Waals surface area contributed by atoms with Gasteiger partial charge in [0.15, 0.2) is 5.78 Å². The summed E-state index contributed by atoms with van der Waals surface area (Å²) in [5, 5.41) is 6.23. The van der Waals surface area contributed by atoms with Crippen molar-refractivity contribution in [3.63, 3.8) is 0 Å². The minimum Gasteiger partial charge on any atom is -0.368 e. The van der Waals surface area contributed by atoms with Crippen LogP contribution in [0.25, 0.3) is 11.0 Å². The fourth-order valence-corrected chi connectivity index (χ4v) is 9.61. The van der Waals surface area contributed by atoms with E-state index in [0.29, 0.717) is 52.7 Å². The number of carbonyl (C=O) groups excluding carboxylic acids is 4. The third-order valence-corrected chi connectivity index (χ3v) is 13.0. The number of carbonyl (C=O) groups is 4. The van der Waals surface area contributed by atoms with E-state index in [1.807, 2.05) is 23.2 Å². The predicted molar refractivity (Wildman–Crippen MR) is 223 cm³/mol. The number of imide groups is 1. The Hall–Kier alpha value is -5.81. The van der Waals surface area contributed by atoms with Gasteiger partial charge in [-0.15, -0.1) is 0 Å². The quantitative estimate of drug-likeness (QED) is 0.177. The molecule has 1 unspecified atom stereocenters. The monoisotopic (exact) mass is 819 g/mol. The van der Waals surface area contributed by atoms with Crippen LogP contribution in [0.1, 0.15) is 83.3 Å². The number of nitrogens with one attached hydrogen (secondary N) is 2. The van der Waals surface area contributed by atoms with Crippen molar-refractivity contribution in [1.82, 2.24) is 39.5 Å². The van der Waals surface area contributed by atoms with E-state index in [1.54, 1.807) is 23.8 Å². The Balaban J connectivity index is 0.753. The third-order valence-electron chi connectivity index (χ3n) is 13.0. The Labute approximate surface area is 346 Å². The van der Waals surface area contributed by atoms with Gasteiger partial charge in [-0.1, -0.05) is 12.8 Å². The van der Waals surface area contributed by atoms with Gasteiger partial charge in [-0.3, -0.25) is 43.7 Å². The van der Waals surface area contributed by atoms with Gasteiger partial charge in [-0.2, -0.15) is 4.98 Å². The summed E-state index contributed by atoms with van der Waals surface area (Å²) in [6.45, 7) is 11.8. The maximum Gasteiger partial charge on any atom is 0.263 e. The number of hydrogen-bond donors (Lipinski definition) is 2. The molecule has 3 saturated heterocycles. The lowest BCUT2D eigenvalue weighted by atomic mass is 10.0. The maximum atomic E-state index is 15.4. The number of ketones is 1. The number of fused-ring (bicyclic) bond motifs is 2. The van der Waals surface area contributed by atoms with Crippen molar-refractivity contribution in [3.05, 3.63) is 75.1 Å². The van der Waals surface area contributed by atoms with Crippen LogP contribution in [0, 0.1) is 12.7 Å². The molecule has 0 spiro atoms. The summed E-state index contributed by atoms with van der Waals surface area (Å²) in [7, 11) is 0. The van der Waals surface area contributed by atoms with Gasteiger partial charge < -0.3 is 20.0 Å². The Kier molecular flexibility index (Phi) is 10.8. The Bertz CT molecular complexity index is 2420. The van der Waals surface area contributed by atoms with E-state index in [1.165, 1.54) is 17.9 Å². The van der Waals surface area contributed by atoms with Crippen LogP contribution in [0.5, 0.6) is 0 Å². The molecule has 3 aromatic heterocycles. The molecule has 7 heterocycles. The van der Waals surface area contributed by atoms with E-state index in [0.717, 1.165) is 83.7 Å². The van der Waals surface area contributed by atoms with Crippen molar-refractivity contribution in [2.45, 2.75) is 71.0 Å². The molecule has 4 fully saturated rings. The summed E-state index contributed by atoms with van der Waals surface area (Å²) in [5.74, 6) is -0.943. The van der Waals surface area contributed by atoms with Gasteiger partial charge >= 0.3 is 0 Å². The fraction of sp³-hybridized carbons (Fsp3) is 0.488. The van der Waals surface area contributed by atoms with Gasteiger partial charge in [0.25, 0.3) is 11.5 Å². The normalized spacial score (nSPS) is 20.6. The number of anilines is 4. The third kappa shape index (κ3) is 7.59. The Morgan fingerprint density at radius 1 is 0.883 bits per heavy atom. The molecule has 9 rings (SSSR count). The van der Waals surface area contributed by atoms with E-state index in [9.17, 15) is 24.0 Å². The molecule has 314 valence electrons. The van der Waals surface area contributed by atoms with Crippen LogP contribution in [0.4, 0.5) is 27.5 Å². The lowest BCUT2D eigenvalue weighted by Crippen LogP contribution is -2.52. The molecular weight excluding hydrogens is 770 g/mol. The zero-order chi connectivity index (χ0) is 41.7. The van der Waals surface area contributed by atoms with Gasteiger partial charge in [0.1, 0.15) is 23.3 Å². The lowest BCUT2D eigenvalue weighted by molar-refractivity contribution is -0.136. The highest BCUT2D eigenvalue weighted by Gasteiger charge is 2.40. The highest BCUT2D eigenvalue weighted by Crippen LogP contribution is 2.34. The summed E-state index contributed by atoms with van der Waals surface area (Å²) in [6.07, 6.45) is 7.81. The molecule has 60 heavy (non-hydrogen) atoms. The van der Waals surface area contributed by atoms with Gasteiger partial charge in [-0.05, 0) is 68.5 Å². The summed E-state index contributed by atoms with van der Waals surface area (Å²) in [5.41, 5.74) is 3.58. The number of piperidine rings is 1. The van der Waals surface area contributed by atoms with E-state index in [-0.39, 0.29) is 59.7 Å². The number of aryl methyl sites for hydroxylation is 1. The molecule has 17 heteroatoms. The average molecular weight is 820 g/mol. The fourth-order valence-electron chi connectivity index (χ4n) is 9.61. The molecule has 1 aliphatic carbocycles. The van der Waals surface area contributed by atoms with Crippen LogP contribution >= 0.6 is 0 Å². The van der Waals surface area contributed by atoms with E-state index < -0.39 is 17.8 Å². The minimum absolute atomic E-state index is 0.00436. The first-order chi connectivity index (χ1) is 29.0. The van der Waals surface area contributed by atoms with Crippen LogP contribution in [0.3, 0.4) is 0 Å². The van der Waals surface area contributed by atoms with Gasteiger partial charge in [-0.25, -0.2) is 14.4 Å². The van der Waals surface area contributed by atoms with E-state index in [2.05, 4.69) is 35.3 Å². The molecule has 5 aliphatic rings. The number of nitrogens with zero attached hydrogens (tertiary/aromatic N) is 9. The van der Waals surface area contributed by atoms with Crippen LogP contribution in [0.2, 0.25) is 0 Å². The topological polar surface area (TPSA) is 169 Å². The van der Waals surface area contributed by atoms with Crippen molar-refractivity contribution in [3.8, 4) is 0 Å². The zero-order valence-corrected chi connectivity index (χ0v) is 34.1. The lowest BCUT2D eigenvalue weighted by Gasteiger charge is -2.39. The van der Waals surface area contributed by atoms with Crippen LogP contribution in [-0.4, -0.2) is 129 Å². The molecule has 1 atom stereocenters. The number of halogens is 1. The number of benzene rings is 1. The number of piperazine rings is 2. The number of rotatable bonds is 10. The molecular formula is C43H50FN11O5. The molecule has 1 aromatic carbocycles. The predicted octanol–water partition coefficient (Wildman–Crippen LogP) is 3.40. The number of hydrogen-bond acceptors (Lipinski definition) is 13.